The van der Waals surface area contributed by atoms with Crippen molar-refractivity contribution in [2.24, 2.45) is 5.92 Å². The maximum Gasteiger partial charge on any atom is 0.381 e. The number of halogens is 1. The first-order valence-electron chi connectivity index (χ1n) is 8.20. The molecule has 0 aliphatic carbocycles. The Morgan fingerprint density at radius 3 is 2.56 bits per heavy atom. The molecule has 0 bridgehead atoms. The van der Waals surface area contributed by atoms with Crippen molar-refractivity contribution in [1.29, 1.82) is 0 Å². The Hall–Kier alpha value is -2.94. The Balaban J connectivity index is 1.77. The first kappa shape index (κ1) is 18.8. The van der Waals surface area contributed by atoms with E-state index < -0.39 is 16.8 Å². The monoisotopic (exact) mass is 392 g/mol. The van der Waals surface area contributed by atoms with Gasteiger partial charge in [-0.25, -0.2) is 0 Å². The molecule has 2 atom stereocenters. The van der Waals surface area contributed by atoms with Gasteiger partial charge in [-0.05, 0) is 27.6 Å². The molecular formula is C17H17ClN4O5. The number of nitrogens with zero attached hydrogens (tertiary/aromatic N) is 4. The fourth-order valence-corrected chi connectivity index (χ4v) is 3.42. The lowest BCUT2D eigenvalue weighted by Gasteiger charge is -2.17. The zero-order chi connectivity index (χ0) is 19.7. The minimum Gasteiger partial charge on any atom is -0.481 e. The van der Waals surface area contributed by atoms with Gasteiger partial charge in [0.2, 0.25) is 11.7 Å². The molecule has 9 nitrogen and oxygen atoms in total. The van der Waals surface area contributed by atoms with Crippen LogP contribution in [0.4, 0.5) is 5.82 Å². The Kier molecular flexibility index (Phi) is 5.13. The molecule has 1 aliphatic rings. The smallest absolute Gasteiger partial charge is 0.381 e. The van der Waals surface area contributed by atoms with E-state index in [1.807, 2.05) is 0 Å². The van der Waals surface area contributed by atoms with Gasteiger partial charge in [0.25, 0.3) is 0 Å². The van der Waals surface area contributed by atoms with Crippen LogP contribution in [0.3, 0.4) is 0 Å². The molecule has 0 radical (unpaired) electrons. The molecule has 1 aromatic heterocycles. The number of imidazole rings is 1. The van der Waals surface area contributed by atoms with Crippen LogP contribution in [0, 0.1) is 23.0 Å². The minimum absolute atomic E-state index is 0.0807. The third kappa shape index (κ3) is 3.92. The Morgan fingerprint density at radius 1 is 1.33 bits per heavy atom. The molecule has 0 unspecified atom stereocenters. The highest BCUT2D eigenvalue weighted by molar-refractivity contribution is 6.30. The largest absolute Gasteiger partial charge is 0.481 e. The molecule has 2 aromatic rings. The fourth-order valence-electron chi connectivity index (χ4n) is 3.29. The number of nitro groups is 1. The molecule has 2 heterocycles. The number of aliphatic carboxylic acids is 1. The third-order valence-corrected chi connectivity index (χ3v) is 5.00. The van der Waals surface area contributed by atoms with E-state index in [-0.39, 0.29) is 37.3 Å². The van der Waals surface area contributed by atoms with Crippen LogP contribution in [0.1, 0.15) is 17.3 Å². The molecule has 1 fully saturated rings. The van der Waals surface area contributed by atoms with Crippen LogP contribution in [0.2, 0.25) is 5.02 Å². The van der Waals surface area contributed by atoms with Gasteiger partial charge in [0.15, 0.2) is 0 Å². The number of aryl methyl sites for hydroxylation is 1. The highest BCUT2D eigenvalue weighted by Crippen LogP contribution is 2.33. The number of carboxylic acid groups (broad SMARTS) is 1. The maximum absolute atomic E-state index is 12.6. The quantitative estimate of drug-likeness (QED) is 0.614. The van der Waals surface area contributed by atoms with Crippen molar-refractivity contribution in [3.8, 4) is 0 Å². The number of aromatic nitrogens is 2. The normalized spacial score (nSPS) is 19.3. The Morgan fingerprint density at radius 2 is 2.00 bits per heavy atom. The summed E-state index contributed by atoms with van der Waals surface area (Å²) in [6.07, 6.45) is 1.20. The maximum atomic E-state index is 12.6. The van der Waals surface area contributed by atoms with Crippen molar-refractivity contribution >= 4 is 29.3 Å². The average Bonchev–Trinajstić information content (AvgIpc) is 3.20. The van der Waals surface area contributed by atoms with Crippen molar-refractivity contribution in [3.05, 3.63) is 57.0 Å². The van der Waals surface area contributed by atoms with Gasteiger partial charge in [-0.15, -0.1) is 0 Å². The number of carboxylic acids is 1. The molecule has 1 N–H and O–H groups in total. The van der Waals surface area contributed by atoms with Gasteiger partial charge in [-0.2, -0.15) is 0 Å². The number of hydrogen-bond donors (Lipinski definition) is 1. The molecule has 3 rings (SSSR count). The second-order valence-corrected chi connectivity index (χ2v) is 6.87. The number of carbonyl (C=O) groups is 2. The summed E-state index contributed by atoms with van der Waals surface area (Å²) in [6.45, 7) is 1.78. The van der Waals surface area contributed by atoms with Gasteiger partial charge in [-0.3, -0.25) is 14.2 Å². The van der Waals surface area contributed by atoms with Crippen LogP contribution < -0.4 is 0 Å². The summed E-state index contributed by atoms with van der Waals surface area (Å²) in [7, 11) is 0. The van der Waals surface area contributed by atoms with E-state index in [9.17, 15) is 24.8 Å². The van der Waals surface area contributed by atoms with Crippen LogP contribution in [-0.4, -0.2) is 49.4 Å². The summed E-state index contributed by atoms with van der Waals surface area (Å²) in [6, 6.07) is 6.91. The van der Waals surface area contributed by atoms with E-state index >= 15 is 0 Å². The molecule has 1 saturated heterocycles. The average molecular weight is 393 g/mol. The highest BCUT2D eigenvalue weighted by atomic mass is 35.5. The van der Waals surface area contributed by atoms with Gasteiger partial charge in [0.05, 0.1) is 5.92 Å². The van der Waals surface area contributed by atoms with Crippen molar-refractivity contribution in [2.45, 2.75) is 19.4 Å². The van der Waals surface area contributed by atoms with Crippen LogP contribution in [-0.2, 0) is 16.1 Å². The fraction of sp³-hybridized carbons (Fsp3) is 0.353. The molecule has 1 amide bonds. The first-order valence-corrected chi connectivity index (χ1v) is 8.58. The summed E-state index contributed by atoms with van der Waals surface area (Å²) in [4.78, 5) is 39.7. The zero-order valence-corrected chi connectivity index (χ0v) is 15.2. The van der Waals surface area contributed by atoms with Crippen LogP contribution in [0.5, 0.6) is 0 Å². The molecule has 142 valence electrons. The Bertz CT molecular complexity index is 895. The third-order valence-electron chi connectivity index (χ3n) is 4.74. The van der Waals surface area contributed by atoms with Gasteiger partial charge in [0, 0.05) is 31.0 Å². The van der Waals surface area contributed by atoms with Crippen LogP contribution >= 0.6 is 11.6 Å². The van der Waals surface area contributed by atoms with Gasteiger partial charge in [-0.1, -0.05) is 23.7 Å². The van der Waals surface area contributed by atoms with Gasteiger partial charge < -0.3 is 20.1 Å². The SMILES string of the molecule is Cc1nc([N+](=O)[O-])cn1CC(=O)N1C[C@@H](C(=O)O)[C@H](c2ccc(Cl)cc2)C1. The number of amides is 1. The standard InChI is InChI=1S/C17H17ClN4O5/c1-10-19-15(22(26)27)8-20(10)9-16(23)21-6-13(14(7-21)17(24)25)11-2-4-12(18)5-3-11/h2-5,8,13-14H,6-7,9H2,1H3,(H,24,25)/t13-,14+/m0/s1. The van der Waals surface area contributed by atoms with Crippen molar-refractivity contribution in [1.82, 2.24) is 14.5 Å². The minimum atomic E-state index is -0.973. The van der Waals surface area contributed by atoms with Crippen molar-refractivity contribution in [2.75, 3.05) is 13.1 Å². The van der Waals surface area contributed by atoms with E-state index in [0.717, 1.165) is 5.56 Å². The number of carbonyl (C=O) groups excluding carboxylic acids is 1. The summed E-state index contributed by atoms with van der Waals surface area (Å²) >= 11 is 5.89. The molecule has 1 aromatic carbocycles. The van der Waals surface area contributed by atoms with Crippen LogP contribution in [0.15, 0.2) is 30.5 Å². The van der Waals surface area contributed by atoms with E-state index in [1.54, 1.807) is 31.2 Å². The summed E-state index contributed by atoms with van der Waals surface area (Å²) in [5.74, 6) is -2.34. The number of rotatable bonds is 5. The van der Waals surface area contributed by atoms with Gasteiger partial charge in [0.1, 0.15) is 12.7 Å². The lowest BCUT2D eigenvalue weighted by atomic mass is 9.89. The van der Waals surface area contributed by atoms with E-state index in [4.69, 9.17) is 11.6 Å². The molecule has 1 aliphatic heterocycles. The van der Waals surface area contributed by atoms with Crippen LogP contribution in [0.25, 0.3) is 0 Å². The molecule has 10 heteroatoms. The second kappa shape index (κ2) is 7.36. The molecule has 27 heavy (non-hydrogen) atoms. The number of likely N-dealkylation sites (tertiary alicyclic amines) is 1. The highest BCUT2D eigenvalue weighted by Gasteiger charge is 2.40. The molecule has 0 spiro atoms. The number of benzene rings is 1. The lowest BCUT2D eigenvalue weighted by molar-refractivity contribution is -0.389. The lowest BCUT2D eigenvalue weighted by Crippen LogP contribution is -2.32. The summed E-state index contributed by atoms with van der Waals surface area (Å²) < 4.78 is 1.39. The molecule has 0 saturated carbocycles. The predicted octanol–water partition coefficient (Wildman–Crippen LogP) is 2.08. The van der Waals surface area contributed by atoms with E-state index in [2.05, 4.69) is 4.98 Å². The van der Waals surface area contributed by atoms with E-state index in [1.165, 1.54) is 15.7 Å². The van der Waals surface area contributed by atoms with Crippen molar-refractivity contribution in [3.63, 3.8) is 0 Å². The summed E-state index contributed by atoms with van der Waals surface area (Å²) in [5.41, 5.74) is 0.802. The molecular weight excluding hydrogens is 376 g/mol. The second-order valence-electron chi connectivity index (χ2n) is 6.43. The van der Waals surface area contributed by atoms with E-state index in [0.29, 0.717) is 10.8 Å². The van der Waals surface area contributed by atoms with Crippen molar-refractivity contribution < 1.29 is 19.6 Å². The topological polar surface area (TPSA) is 119 Å². The zero-order valence-electron chi connectivity index (χ0n) is 14.4. The number of hydrogen-bond acceptors (Lipinski definition) is 5. The predicted molar refractivity (Wildman–Crippen MR) is 95.5 cm³/mol. The Labute approximate surface area is 159 Å². The summed E-state index contributed by atoms with van der Waals surface area (Å²) in [5, 5.41) is 20.9. The first-order chi connectivity index (χ1) is 12.8. The van der Waals surface area contributed by atoms with Gasteiger partial charge >= 0.3 is 11.8 Å².